The van der Waals surface area contributed by atoms with E-state index in [2.05, 4.69) is 0 Å². The smallest absolute Gasteiger partial charge is 0.167 e. The van der Waals surface area contributed by atoms with Crippen LogP contribution in [-0.4, -0.2) is 31.4 Å². The molecule has 1 aromatic carbocycles. The zero-order chi connectivity index (χ0) is 12.8. The SMILES string of the molecule is CCOc1cc(N(CC)CCO)c(N)cc1F. The van der Waals surface area contributed by atoms with Crippen molar-refractivity contribution in [2.45, 2.75) is 13.8 Å². The molecule has 0 radical (unpaired) electrons. The molecule has 0 saturated carbocycles. The van der Waals surface area contributed by atoms with Gasteiger partial charge in [0, 0.05) is 25.2 Å². The van der Waals surface area contributed by atoms with Gasteiger partial charge < -0.3 is 20.5 Å². The van der Waals surface area contributed by atoms with Crippen molar-refractivity contribution in [2.24, 2.45) is 0 Å². The Hall–Kier alpha value is -1.49. The Morgan fingerprint density at radius 3 is 2.65 bits per heavy atom. The number of likely N-dealkylation sites (N-methyl/N-ethyl adjacent to an activating group) is 1. The van der Waals surface area contributed by atoms with E-state index in [1.54, 1.807) is 13.0 Å². The van der Waals surface area contributed by atoms with Crippen LogP contribution in [0.15, 0.2) is 12.1 Å². The standard InChI is InChI=1S/C12H19FN2O2/c1-3-15(5-6-16)11-8-12(17-4-2)9(13)7-10(11)14/h7-8,16H,3-6,14H2,1-2H3. The van der Waals surface area contributed by atoms with Crippen LogP contribution in [-0.2, 0) is 0 Å². The first kappa shape index (κ1) is 13.6. The predicted molar refractivity (Wildman–Crippen MR) is 67.0 cm³/mol. The van der Waals surface area contributed by atoms with Crippen LogP contribution in [0.3, 0.4) is 0 Å². The second-order valence-electron chi connectivity index (χ2n) is 3.58. The summed E-state index contributed by atoms with van der Waals surface area (Å²) in [7, 11) is 0. The molecule has 0 fully saturated rings. The number of nitrogens with zero attached hydrogens (tertiary/aromatic N) is 1. The van der Waals surface area contributed by atoms with E-state index in [-0.39, 0.29) is 12.4 Å². The van der Waals surface area contributed by atoms with Crippen molar-refractivity contribution >= 4 is 11.4 Å². The Morgan fingerprint density at radius 2 is 2.12 bits per heavy atom. The van der Waals surface area contributed by atoms with Crippen molar-refractivity contribution in [3.05, 3.63) is 17.9 Å². The molecule has 0 aliphatic rings. The normalized spacial score (nSPS) is 10.4. The third-order valence-electron chi connectivity index (χ3n) is 2.47. The Kier molecular flexibility index (Phi) is 5.03. The van der Waals surface area contributed by atoms with Crippen LogP contribution in [0.5, 0.6) is 5.75 Å². The third-order valence-corrected chi connectivity index (χ3v) is 2.47. The molecule has 17 heavy (non-hydrogen) atoms. The van der Waals surface area contributed by atoms with E-state index < -0.39 is 5.82 Å². The zero-order valence-corrected chi connectivity index (χ0v) is 10.2. The van der Waals surface area contributed by atoms with Gasteiger partial charge in [0.2, 0.25) is 0 Å². The summed E-state index contributed by atoms with van der Waals surface area (Å²) in [5, 5.41) is 8.96. The van der Waals surface area contributed by atoms with Gasteiger partial charge in [0.05, 0.1) is 24.6 Å². The van der Waals surface area contributed by atoms with E-state index in [1.165, 1.54) is 6.07 Å². The lowest BCUT2D eigenvalue weighted by Crippen LogP contribution is -2.27. The quantitative estimate of drug-likeness (QED) is 0.744. The minimum absolute atomic E-state index is 0.0224. The average molecular weight is 242 g/mol. The van der Waals surface area contributed by atoms with Crippen molar-refractivity contribution in [1.82, 2.24) is 0 Å². The molecular formula is C12H19FN2O2. The van der Waals surface area contributed by atoms with Gasteiger partial charge in [-0.3, -0.25) is 0 Å². The highest BCUT2D eigenvalue weighted by Gasteiger charge is 2.13. The highest BCUT2D eigenvalue weighted by molar-refractivity contribution is 5.70. The lowest BCUT2D eigenvalue weighted by molar-refractivity contribution is 0.302. The summed E-state index contributed by atoms with van der Waals surface area (Å²) in [4.78, 5) is 1.87. The van der Waals surface area contributed by atoms with Crippen LogP contribution >= 0.6 is 0 Å². The number of rotatable bonds is 6. The van der Waals surface area contributed by atoms with E-state index in [0.29, 0.717) is 31.1 Å². The van der Waals surface area contributed by atoms with Crippen molar-refractivity contribution in [3.8, 4) is 5.75 Å². The molecule has 3 N–H and O–H groups in total. The number of anilines is 2. The molecule has 0 amide bonds. The molecule has 5 heteroatoms. The summed E-state index contributed by atoms with van der Waals surface area (Å²) in [5.74, 6) is -0.277. The van der Waals surface area contributed by atoms with Crippen molar-refractivity contribution < 1.29 is 14.2 Å². The van der Waals surface area contributed by atoms with Gasteiger partial charge in [-0.1, -0.05) is 0 Å². The summed E-state index contributed by atoms with van der Waals surface area (Å²) in [6.07, 6.45) is 0. The number of hydrogen-bond donors (Lipinski definition) is 2. The summed E-state index contributed by atoms with van der Waals surface area (Å²) < 4.78 is 18.7. The molecule has 0 bridgehead atoms. The fraction of sp³-hybridized carbons (Fsp3) is 0.500. The number of hydrogen-bond acceptors (Lipinski definition) is 4. The van der Waals surface area contributed by atoms with Crippen LogP contribution in [0.25, 0.3) is 0 Å². The lowest BCUT2D eigenvalue weighted by Gasteiger charge is -2.24. The molecule has 1 aromatic rings. The van der Waals surface area contributed by atoms with E-state index in [4.69, 9.17) is 15.6 Å². The van der Waals surface area contributed by atoms with Gasteiger partial charge in [-0.15, -0.1) is 0 Å². The minimum Gasteiger partial charge on any atom is -0.491 e. The molecule has 0 spiro atoms. The second kappa shape index (κ2) is 6.30. The average Bonchev–Trinajstić information content (AvgIpc) is 2.30. The molecule has 0 heterocycles. The van der Waals surface area contributed by atoms with Crippen LogP contribution in [0, 0.1) is 5.82 Å². The molecule has 0 atom stereocenters. The number of aliphatic hydroxyl groups is 1. The third kappa shape index (κ3) is 3.23. The number of benzene rings is 1. The maximum Gasteiger partial charge on any atom is 0.167 e. The fourth-order valence-electron chi connectivity index (χ4n) is 1.67. The largest absolute Gasteiger partial charge is 0.491 e. The van der Waals surface area contributed by atoms with Gasteiger partial charge in [-0.25, -0.2) is 4.39 Å². The van der Waals surface area contributed by atoms with Crippen LogP contribution < -0.4 is 15.4 Å². The summed E-state index contributed by atoms with van der Waals surface area (Å²) >= 11 is 0. The maximum atomic E-state index is 13.5. The Labute approximate surface area is 101 Å². The van der Waals surface area contributed by atoms with Crippen LogP contribution in [0.2, 0.25) is 0 Å². The first-order chi connectivity index (χ1) is 8.13. The molecule has 0 aliphatic carbocycles. The van der Waals surface area contributed by atoms with E-state index in [1.807, 2.05) is 11.8 Å². The van der Waals surface area contributed by atoms with E-state index in [0.717, 1.165) is 0 Å². The molecule has 4 nitrogen and oxygen atoms in total. The van der Waals surface area contributed by atoms with Gasteiger partial charge in [0.15, 0.2) is 11.6 Å². The number of nitrogens with two attached hydrogens (primary N) is 1. The number of halogens is 1. The number of nitrogen functional groups attached to an aromatic ring is 1. The van der Waals surface area contributed by atoms with Gasteiger partial charge in [0.1, 0.15) is 0 Å². The molecule has 0 saturated heterocycles. The van der Waals surface area contributed by atoms with Crippen molar-refractivity contribution in [3.63, 3.8) is 0 Å². The minimum atomic E-state index is -0.465. The Bertz CT molecular complexity index is 372. The van der Waals surface area contributed by atoms with E-state index >= 15 is 0 Å². The van der Waals surface area contributed by atoms with Gasteiger partial charge in [0.25, 0.3) is 0 Å². The number of ether oxygens (including phenoxy) is 1. The molecule has 1 rings (SSSR count). The van der Waals surface area contributed by atoms with Gasteiger partial charge in [-0.2, -0.15) is 0 Å². The van der Waals surface area contributed by atoms with Gasteiger partial charge >= 0.3 is 0 Å². The fourth-order valence-corrected chi connectivity index (χ4v) is 1.67. The first-order valence-electron chi connectivity index (χ1n) is 5.71. The van der Waals surface area contributed by atoms with Crippen LogP contribution in [0.4, 0.5) is 15.8 Å². The maximum absolute atomic E-state index is 13.5. The number of aliphatic hydroxyl groups excluding tert-OH is 1. The first-order valence-corrected chi connectivity index (χ1v) is 5.71. The lowest BCUT2D eigenvalue weighted by atomic mass is 10.2. The molecule has 96 valence electrons. The van der Waals surface area contributed by atoms with Gasteiger partial charge in [-0.05, 0) is 13.8 Å². The molecule has 0 aliphatic heterocycles. The van der Waals surface area contributed by atoms with Crippen LogP contribution in [0.1, 0.15) is 13.8 Å². The second-order valence-corrected chi connectivity index (χ2v) is 3.58. The summed E-state index contributed by atoms with van der Waals surface area (Å²) in [6, 6.07) is 2.83. The highest BCUT2D eigenvalue weighted by Crippen LogP contribution is 2.30. The Balaban J connectivity index is 3.08. The van der Waals surface area contributed by atoms with E-state index in [9.17, 15) is 4.39 Å². The highest BCUT2D eigenvalue weighted by atomic mass is 19.1. The Morgan fingerprint density at radius 1 is 1.41 bits per heavy atom. The van der Waals surface area contributed by atoms with Crippen molar-refractivity contribution in [1.29, 1.82) is 0 Å². The predicted octanol–water partition coefficient (Wildman–Crippen LogP) is 1.63. The molecule has 0 unspecified atom stereocenters. The molecular weight excluding hydrogens is 223 g/mol. The van der Waals surface area contributed by atoms with Crippen molar-refractivity contribution in [2.75, 3.05) is 36.9 Å². The zero-order valence-electron chi connectivity index (χ0n) is 10.2. The summed E-state index contributed by atoms with van der Waals surface area (Å²) in [5.41, 5.74) is 6.81. The monoisotopic (exact) mass is 242 g/mol. The molecule has 0 aromatic heterocycles. The summed E-state index contributed by atoms with van der Waals surface area (Å²) in [6.45, 7) is 5.29. The topological polar surface area (TPSA) is 58.7 Å².